The van der Waals surface area contributed by atoms with E-state index in [1.807, 2.05) is 0 Å². The highest BCUT2D eigenvalue weighted by Crippen LogP contribution is 2.47. The van der Waals surface area contributed by atoms with Crippen LogP contribution in [-0.4, -0.2) is 23.2 Å². The van der Waals surface area contributed by atoms with Crippen molar-refractivity contribution in [1.29, 1.82) is 0 Å². The van der Waals surface area contributed by atoms with Crippen LogP contribution in [0.1, 0.15) is 24.8 Å². The smallest absolute Gasteiger partial charge is 0.314 e. The fourth-order valence-corrected chi connectivity index (χ4v) is 2.39. The van der Waals surface area contributed by atoms with E-state index in [4.69, 9.17) is 4.74 Å². The van der Waals surface area contributed by atoms with E-state index in [0.29, 0.717) is 24.3 Å². The number of carbonyl (C=O) groups is 1. The first kappa shape index (κ1) is 11.4. The second kappa shape index (κ2) is 4.05. The lowest BCUT2D eigenvalue weighted by Gasteiger charge is -2.38. The Morgan fingerprint density at radius 1 is 1.62 bits per heavy atom. The lowest BCUT2D eigenvalue weighted by atomic mass is 9.64. The molecule has 1 saturated carbocycles. The summed E-state index contributed by atoms with van der Waals surface area (Å²) >= 11 is 3.31. The minimum absolute atomic E-state index is 0.408. The third-order valence-corrected chi connectivity index (χ3v) is 3.58. The highest BCUT2D eigenvalue weighted by atomic mass is 79.9. The molecule has 0 amide bonds. The molecule has 0 radical (unpaired) electrons. The maximum absolute atomic E-state index is 11.4. The monoisotopic (exact) mass is 285 g/mol. The standard InChI is InChI=1S/C11H12BrNO3/c1-16-9-8(5-7(12)6-13-9)11(10(14)15)3-2-4-11/h5-6H,2-4H2,1H3,(H,14,15). The van der Waals surface area contributed by atoms with Crippen LogP contribution in [0.4, 0.5) is 0 Å². The number of methoxy groups -OCH3 is 1. The number of hydrogen-bond donors (Lipinski definition) is 1. The van der Waals surface area contributed by atoms with Crippen molar-refractivity contribution in [2.24, 2.45) is 0 Å². The first-order chi connectivity index (χ1) is 7.60. The minimum Gasteiger partial charge on any atom is -0.481 e. The molecular weight excluding hydrogens is 274 g/mol. The summed E-state index contributed by atoms with van der Waals surface area (Å²) in [5.74, 6) is -0.387. The molecule has 0 aliphatic heterocycles. The fraction of sp³-hybridized carbons (Fsp3) is 0.455. The number of rotatable bonds is 3. The van der Waals surface area contributed by atoms with Gasteiger partial charge in [0.25, 0.3) is 0 Å². The summed E-state index contributed by atoms with van der Waals surface area (Å²) in [6.07, 6.45) is 3.84. The van der Waals surface area contributed by atoms with E-state index >= 15 is 0 Å². The number of ether oxygens (including phenoxy) is 1. The summed E-state index contributed by atoms with van der Waals surface area (Å²) in [5, 5.41) is 9.35. The average molecular weight is 286 g/mol. The molecule has 0 bridgehead atoms. The molecule has 0 atom stereocenters. The minimum atomic E-state index is -0.803. The van der Waals surface area contributed by atoms with Crippen LogP contribution in [0.2, 0.25) is 0 Å². The highest BCUT2D eigenvalue weighted by Gasteiger charge is 2.48. The first-order valence-electron chi connectivity index (χ1n) is 5.03. The van der Waals surface area contributed by atoms with E-state index in [0.717, 1.165) is 10.9 Å². The Morgan fingerprint density at radius 3 is 2.75 bits per heavy atom. The lowest BCUT2D eigenvalue weighted by molar-refractivity contribution is -0.147. The molecule has 1 heterocycles. The van der Waals surface area contributed by atoms with Gasteiger partial charge in [0.05, 0.1) is 12.5 Å². The van der Waals surface area contributed by atoms with Crippen LogP contribution >= 0.6 is 15.9 Å². The largest absolute Gasteiger partial charge is 0.481 e. The predicted octanol–water partition coefficient (Wildman–Crippen LogP) is 2.36. The molecular formula is C11H12BrNO3. The third-order valence-electron chi connectivity index (χ3n) is 3.14. The van der Waals surface area contributed by atoms with Crippen molar-refractivity contribution >= 4 is 21.9 Å². The zero-order chi connectivity index (χ0) is 11.8. The van der Waals surface area contributed by atoms with E-state index in [1.165, 1.54) is 7.11 Å². The summed E-state index contributed by atoms with van der Waals surface area (Å²) in [4.78, 5) is 15.5. The summed E-state index contributed by atoms with van der Waals surface area (Å²) in [5.41, 5.74) is -0.134. The van der Waals surface area contributed by atoms with E-state index in [2.05, 4.69) is 20.9 Å². The summed E-state index contributed by atoms with van der Waals surface area (Å²) in [7, 11) is 1.51. The van der Waals surface area contributed by atoms with Gasteiger partial charge < -0.3 is 9.84 Å². The third kappa shape index (κ3) is 1.59. The number of hydrogen-bond acceptors (Lipinski definition) is 3. The number of halogens is 1. The molecule has 1 aromatic rings. The summed E-state index contributed by atoms with van der Waals surface area (Å²) < 4.78 is 5.91. The van der Waals surface area contributed by atoms with Gasteiger partial charge >= 0.3 is 5.97 Å². The zero-order valence-corrected chi connectivity index (χ0v) is 10.5. The van der Waals surface area contributed by atoms with Gasteiger partial charge in [-0.1, -0.05) is 6.42 Å². The van der Waals surface area contributed by atoms with Crippen molar-refractivity contribution in [3.63, 3.8) is 0 Å². The van der Waals surface area contributed by atoms with Gasteiger partial charge in [-0.05, 0) is 34.8 Å². The van der Waals surface area contributed by atoms with Crippen LogP contribution in [0.5, 0.6) is 5.88 Å². The van der Waals surface area contributed by atoms with Gasteiger partial charge in [0.15, 0.2) is 0 Å². The molecule has 1 aromatic heterocycles. The maximum atomic E-state index is 11.4. The molecule has 4 nitrogen and oxygen atoms in total. The van der Waals surface area contributed by atoms with Crippen molar-refractivity contribution in [2.45, 2.75) is 24.7 Å². The number of pyridine rings is 1. The van der Waals surface area contributed by atoms with Crippen LogP contribution in [0, 0.1) is 0 Å². The van der Waals surface area contributed by atoms with Gasteiger partial charge in [-0.2, -0.15) is 0 Å². The van der Waals surface area contributed by atoms with Gasteiger partial charge in [0, 0.05) is 16.2 Å². The van der Waals surface area contributed by atoms with Crippen molar-refractivity contribution in [2.75, 3.05) is 7.11 Å². The Bertz CT molecular complexity index is 429. The van der Waals surface area contributed by atoms with Gasteiger partial charge in [0.2, 0.25) is 5.88 Å². The summed E-state index contributed by atoms with van der Waals surface area (Å²) in [6.45, 7) is 0. The molecule has 1 aliphatic carbocycles. The Balaban J connectivity index is 2.52. The van der Waals surface area contributed by atoms with E-state index < -0.39 is 11.4 Å². The van der Waals surface area contributed by atoms with E-state index in [9.17, 15) is 9.90 Å². The number of nitrogens with zero attached hydrogens (tertiary/aromatic N) is 1. The Morgan fingerprint density at radius 2 is 2.31 bits per heavy atom. The fourth-order valence-electron chi connectivity index (χ4n) is 2.06. The second-order valence-electron chi connectivity index (χ2n) is 3.95. The molecule has 0 spiro atoms. The van der Waals surface area contributed by atoms with Gasteiger partial charge in [-0.15, -0.1) is 0 Å². The van der Waals surface area contributed by atoms with Gasteiger partial charge in [0.1, 0.15) is 0 Å². The van der Waals surface area contributed by atoms with Crippen LogP contribution in [0.25, 0.3) is 0 Å². The molecule has 1 N–H and O–H groups in total. The van der Waals surface area contributed by atoms with Gasteiger partial charge in [-0.25, -0.2) is 4.98 Å². The molecule has 0 unspecified atom stereocenters. The highest BCUT2D eigenvalue weighted by molar-refractivity contribution is 9.10. The van der Waals surface area contributed by atoms with Crippen molar-refractivity contribution in [3.8, 4) is 5.88 Å². The summed E-state index contributed by atoms with van der Waals surface area (Å²) in [6, 6.07) is 1.79. The van der Waals surface area contributed by atoms with Crippen LogP contribution in [0.15, 0.2) is 16.7 Å². The van der Waals surface area contributed by atoms with E-state index in [1.54, 1.807) is 12.3 Å². The quantitative estimate of drug-likeness (QED) is 0.926. The molecule has 16 heavy (non-hydrogen) atoms. The Hall–Kier alpha value is -1.10. The first-order valence-corrected chi connectivity index (χ1v) is 5.83. The molecule has 86 valence electrons. The molecule has 0 aromatic carbocycles. The van der Waals surface area contributed by atoms with E-state index in [-0.39, 0.29) is 0 Å². The van der Waals surface area contributed by atoms with Crippen LogP contribution < -0.4 is 4.74 Å². The lowest BCUT2D eigenvalue weighted by Crippen LogP contribution is -2.42. The normalized spacial score (nSPS) is 17.6. The zero-order valence-electron chi connectivity index (χ0n) is 8.86. The Kier molecular flexibility index (Phi) is 2.88. The maximum Gasteiger partial charge on any atom is 0.314 e. The van der Waals surface area contributed by atoms with Crippen LogP contribution in [-0.2, 0) is 10.2 Å². The molecule has 1 aliphatic rings. The van der Waals surface area contributed by atoms with Crippen molar-refractivity contribution in [1.82, 2.24) is 4.98 Å². The number of carboxylic acids is 1. The van der Waals surface area contributed by atoms with Crippen molar-refractivity contribution in [3.05, 3.63) is 22.3 Å². The molecule has 2 rings (SSSR count). The predicted molar refractivity (Wildman–Crippen MR) is 61.7 cm³/mol. The Labute approximate surface area is 102 Å². The topological polar surface area (TPSA) is 59.4 Å². The van der Waals surface area contributed by atoms with Gasteiger partial charge in [-0.3, -0.25) is 4.79 Å². The number of aromatic nitrogens is 1. The molecule has 5 heteroatoms. The second-order valence-corrected chi connectivity index (χ2v) is 4.87. The molecule has 0 saturated heterocycles. The number of carboxylic acid groups (broad SMARTS) is 1. The average Bonchev–Trinajstić information content (AvgIpc) is 2.15. The number of aliphatic carboxylic acids is 1. The SMILES string of the molecule is COc1ncc(Br)cc1C1(C(=O)O)CCC1. The molecule has 1 fully saturated rings. The van der Waals surface area contributed by atoms with Crippen molar-refractivity contribution < 1.29 is 14.6 Å². The van der Waals surface area contributed by atoms with Crippen LogP contribution in [0.3, 0.4) is 0 Å².